The van der Waals surface area contributed by atoms with Crippen molar-refractivity contribution in [2.24, 2.45) is 0 Å². The number of hydrogen-bond acceptors (Lipinski definition) is 5. The Balaban J connectivity index is 1.52. The van der Waals surface area contributed by atoms with Crippen LogP contribution in [0, 0.1) is 0 Å². The maximum absolute atomic E-state index is 10.8. The third-order valence-electron chi connectivity index (χ3n) is 6.38. The molecule has 2 heterocycles. The van der Waals surface area contributed by atoms with E-state index in [2.05, 4.69) is 18.7 Å². The highest BCUT2D eigenvalue weighted by Gasteiger charge is 2.33. The van der Waals surface area contributed by atoms with Crippen LogP contribution in [0.15, 0.2) is 43.0 Å². The van der Waals surface area contributed by atoms with Gasteiger partial charge in [0.25, 0.3) is 0 Å². The van der Waals surface area contributed by atoms with Crippen molar-refractivity contribution in [1.29, 1.82) is 0 Å². The maximum Gasteiger partial charge on any atom is 0.122 e. The van der Waals surface area contributed by atoms with E-state index in [1.807, 2.05) is 24.3 Å². The number of ether oxygens (including phenoxy) is 4. The Morgan fingerprint density at radius 2 is 1.74 bits per heavy atom. The molecule has 0 N–H and O–H groups in total. The van der Waals surface area contributed by atoms with Gasteiger partial charge in [0.1, 0.15) is 6.29 Å². The summed E-state index contributed by atoms with van der Waals surface area (Å²) in [6.07, 6.45) is 11.5. The van der Waals surface area contributed by atoms with Crippen molar-refractivity contribution in [2.75, 3.05) is 7.11 Å². The summed E-state index contributed by atoms with van der Waals surface area (Å²) < 4.78 is 24.6. The fourth-order valence-electron chi connectivity index (χ4n) is 4.79. The normalized spacial score (nSPS) is 29.9. The second kappa shape index (κ2) is 13.1. The van der Waals surface area contributed by atoms with Crippen LogP contribution in [0.25, 0.3) is 0 Å². The van der Waals surface area contributed by atoms with Gasteiger partial charge in [-0.25, -0.2) is 0 Å². The number of hydrogen-bond donors (Lipinski definition) is 0. The minimum absolute atomic E-state index is 0.0624. The minimum Gasteiger partial charge on any atom is -0.381 e. The molecular weight excluding hydrogens is 392 g/mol. The van der Waals surface area contributed by atoms with Gasteiger partial charge < -0.3 is 23.7 Å². The van der Waals surface area contributed by atoms with Gasteiger partial charge >= 0.3 is 0 Å². The first-order valence-electron chi connectivity index (χ1n) is 11.7. The molecule has 1 aromatic carbocycles. The Hall–Kier alpha value is -1.53. The van der Waals surface area contributed by atoms with Gasteiger partial charge in [0.05, 0.1) is 43.2 Å². The van der Waals surface area contributed by atoms with Gasteiger partial charge in [-0.05, 0) is 50.5 Å². The number of rotatable bonds is 12. The van der Waals surface area contributed by atoms with Gasteiger partial charge in [0.2, 0.25) is 0 Å². The monoisotopic (exact) mass is 430 g/mol. The first-order valence-corrected chi connectivity index (χ1v) is 11.7. The Morgan fingerprint density at radius 3 is 2.48 bits per heavy atom. The van der Waals surface area contributed by atoms with E-state index >= 15 is 0 Å². The highest BCUT2D eigenvalue weighted by atomic mass is 16.5. The molecular formula is C26H38O5. The number of carbonyl (C=O) groups excluding carboxylic acids is 1. The van der Waals surface area contributed by atoms with Crippen molar-refractivity contribution in [1.82, 2.24) is 0 Å². The molecule has 0 aliphatic carbocycles. The molecule has 3 rings (SSSR count). The van der Waals surface area contributed by atoms with Gasteiger partial charge in [-0.1, -0.05) is 36.4 Å². The number of benzene rings is 1. The Labute approximate surface area is 187 Å². The fourth-order valence-corrected chi connectivity index (χ4v) is 4.79. The number of carbonyl (C=O) groups is 1. The van der Waals surface area contributed by atoms with Gasteiger partial charge in [0, 0.05) is 20.0 Å². The Morgan fingerprint density at radius 1 is 1.03 bits per heavy atom. The molecule has 5 heteroatoms. The molecule has 6 atom stereocenters. The Kier molecular flexibility index (Phi) is 10.2. The lowest BCUT2D eigenvalue weighted by molar-refractivity contribution is -0.135. The largest absolute Gasteiger partial charge is 0.381 e. The van der Waals surface area contributed by atoms with E-state index in [9.17, 15) is 4.79 Å². The van der Waals surface area contributed by atoms with Crippen molar-refractivity contribution in [3.8, 4) is 0 Å². The van der Waals surface area contributed by atoms with Crippen LogP contribution in [0.4, 0.5) is 0 Å². The summed E-state index contributed by atoms with van der Waals surface area (Å²) in [6, 6.07) is 10.3. The molecule has 31 heavy (non-hydrogen) atoms. The van der Waals surface area contributed by atoms with Gasteiger partial charge in [-0.3, -0.25) is 0 Å². The maximum atomic E-state index is 10.8. The molecule has 172 valence electrons. The fraction of sp³-hybridized carbons (Fsp3) is 0.654. The van der Waals surface area contributed by atoms with Crippen molar-refractivity contribution in [2.45, 2.75) is 101 Å². The molecule has 0 aromatic heterocycles. The molecule has 2 aliphatic rings. The van der Waals surface area contributed by atoms with Crippen LogP contribution in [0.1, 0.15) is 63.4 Å². The second-order valence-corrected chi connectivity index (χ2v) is 8.84. The van der Waals surface area contributed by atoms with E-state index in [1.54, 1.807) is 7.11 Å². The molecule has 0 saturated carbocycles. The van der Waals surface area contributed by atoms with Gasteiger partial charge in [-0.2, -0.15) is 0 Å². The number of methoxy groups -OCH3 is 1. The van der Waals surface area contributed by atoms with E-state index in [1.165, 1.54) is 5.56 Å². The zero-order valence-corrected chi connectivity index (χ0v) is 18.8. The van der Waals surface area contributed by atoms with Crippen molar-refractivity contribution in [3.05, 3.63) is 48.6 Å². The highest BCUT2D eigenvalue weighted by molar-refractivity contribution is 5.50. The molecule has 1 aromatic rings. The zero-order chi connectivity index (χ0) is 21.9. The molecule has 2 fully saturated rings. The predicted octanol–water partition coefficient (Wildman–Crippen LogP) is 5.02. The summed E-state index contributed by atoms with van der Waals surface area (Å²) in [7, 11) is 1.77. The van der Waals surface area contributed by atoms with E-state index in [0.29, 0.717) is 13.0 Å². The molecule has 5 nitrogen and oxygen atoms in total. The zero-order valence-electron chi connectivity index (χ0n) is 18.8. The van der Waals surface area contributed by atoms with Crippen LogP contribution in [0.3, 0.4) is 0 Å². The summed E-state index contributed by atoms with van der Waals surface area (Å²) in [4.78, 5) is 10.8. The van der Waals surface area contributed by atoms with Crippen LogP contribution in [0.2, 0.25) is 0 Å². The third kappa shape index (κ3) is 8.15. The smallest absolute Gasteiger partial charge is 0.122 e. The van der Waals surface area contributed by atoms with E-state index < -0.39 is 0 Å². The lowest BCUT2D eigenvalue weighted by Gasteiger charge is -2.37. The highest BCUT2D eigenvalue weighted by Crippen LogP contribution is 2.30. The third-order valence-corrected chi connectivity index (χ3v) is 6.38. The van der Waals surface area contributed by atoms with Crippen LogP contribution in [0.5, 0.6) is 0 Å². The topological polar surface area (TPSA) is 54.0 Å². The average molecular weight is 431 g/mol. The predicted molar refractivity (Wildman–Crippen MR) is 121 cm³/mol. The first kappa shape index (κ1) is 24.1. The van der Waals surface area contributed by atoms with Crippen LogP contribution >= 0.6 is 0 Å². The molecule has 2 saturated heterocycles. The van der Waals surface area contributed by atoms with E-state index in [0.717, 1.165) is 57.7 Å². The summed E-state index contributed by atoms with van der Waals surface area (Å²) in [5.74, 6) is 0. The summed E-state index contributed by atoms with van der Waals surface area (Å²) >= 11 is 0. The van der Waals surface area contributed by atoms with Crippen molar-refractivity contribution < 1.29 is 23.7 Å². The Bertz CT molecular complexity index is 648. The van der Waals surface area contributed by atoms with E-state index in [4.69, 9.17) is 18.9 Å². The second-order valence-electron chi connectivity index (χ2n) is 8.84. The quantitative estimate of drug-likeness (QED) is 0.344. The molecule has 0 radical (unpaired) electrons. The van der Waals surface area contributed by atoms with Gasteiger partial charge in [-0.15, -0.1) is 6.58 Å². The van der Waals surface area contributed by atoms with Crippen molar-refractivity contribution >= 4 is 6.29 Å². The SMILES string of the molecule is C=CC[C@H]1C[C@@H](OCc2ccccc2)C[C@@H](C[C@@H](C[C@@H]2CCC[C@@H](CC=O)O2)OC)O1. The average Bonchev–Trinajstić information content (AvgIpc) is 2.78. The van der Waals surface area contributed by atoms with Crippen LogP contribution in [-0.4, -0.2) is 50.0 Å². The summed E-state index contributed by atoms with van der Waals surface area (Å²) in [5.41, 5.74) is 1.19. The van der Waals surface area contributed by atoms with Gasteiger partial charge in [0.15, 0.2) is 0 Å². The summed E-state index contributed by atoms with van der Waals surface area (Å²) in [6.45, 7) is 4.51. The summed E-state index contributed by atoms with van der Waals surface area (Å²) in [5, 5.41) is 0. The van der Waals surface area contributed by atoms with Crippen molar-refractivity contribution in [3.63, 3.8) is 0 Å². The number of aldehydes is 1. The minimum atomic E-state index is 0.0624. The first-order chi connectivity index (χ1) is 15.2. The lowest BCUT2D eigenvalue weighted by Crippen LogP contribution is -2.40. The van der Waals surface area contributed by atoms with E-state index in [-0.39, 0.29) is 36.6 Å². The van der Waals surface area contributed by atoms with Crippen LogP contribution < -0.4 is 0 Å². The molecule has 0 spiro atoms. The molecule has 0 bridgehead atoms. The van der Waals surface area contributed by atoms with Crippen LogP contribution in [-0.2, 0) is 30.3 Å². The lowest BCUT2D eigenvalue weighted by atomic mass is 9.92. The standard InChI is InChI=1S/C26H38O5/c1-3-8-22-16-25(29-19-20-9-5-4-6-10-20)18-26(31-22)17-24(28-2)15-23-12-7-11-21(30-23)13-14-27/h3-6,9-10,14,21-26H,1,7-8,11-13,15-19H2,2H3/t21-,22-,23-,24+,25+,26+/m0/s1. The molecule has 0 amide bonds. The molecule has 0 unspecified atom stereocenters. The molecule has 2 aliphatic heterocycles.